The van der Waals surface area contributed by atoms with E-state index in [4.69, 9.17) is 0 Å². The lowest BCUT2D eigenvalue weighted by atomic mass is 9.98. The normalized spacial score (nSPS) is 30.5. The highest BCUT2D eigenvalue weighted by atomic mass is 19.1. The summed E-state index contributed by atoms with van der Waals surface area (Å²) in [5.41, 5.74) is 0. The fraction of sp³-hybridized carbons (Fsp3) is 0.615. The van der Waals surface area contributed by atoms with Crippen LogP contribution in [0.15, 0.2) is 12.3 Å². The molecule has 0 aliphatic carbocycles. The number of fused-ring (bicyclic) bond motifs is 2. The van der Waals surface area contributed by atoms with E-state index < -0.39 is 11.6 Å². The molecule has 2 aliphatic rings. The predicted octanol–water partition coefficient (Wildman–Crippen LogP) is 2.08. The summed E-state index contributed by atoms with van der Waals surface area (Å²) in [6, 6.07) is 2.27. The van der Waals surface area contributed by atoms with Crippen LogP contribution in [0.2, 0.25) is 0 Å². The van der Waals surface area contributed by atoms with Crippen molar-refractivity contribution in [3.05, 3.63) is 23.9 Å². The van der Waals surface area contributed by atoms with Crippen LogP contribution < -0.4 is 10.2 Å². The molecular weight excluding hydrogens is 236 g/mol. The van der Waals surface area contributed by atoms with Crippen molar-refractivity contribution >= 4 is 5.82 Å². The molecule has 0 aromatic carbocycles. The maximum absolute atomic E-state index is 13.7. The molecule has 1 aromatic heterocycles. The lowest BCUT2D eigenvalue weighted by molar-refractivity contribution is 0.352. The van der Waals surface area contributed by atoms with Crippen LogP contribution in [0.5, 0.6) is 0 Å². The van der Waals surface area contributed by atoms with E-state index in [1.807, 2.05) is 11.9 Å². The second-order valence-electron chi connectivity index (χ2n) is 5.33. The van der Waals surface area contributed by atoms with E-state index in [1.54, 1.807) is 0 Å². The van der Waals surface area contributed by atoms with Crippen molar-refractivity contribution in [2.75, 3.05) is 11.9 Å². The highest BCUT2D eigenvalue weighted by molar-refractivity contribution is 5.40. The number of pyridine rings is 1. The summed E-state index contributed by atoms with van der Waals surface area (Å²) in [5.74, 6) is -0.957. The Kier molecular flexibility index (Phi) is 2.93. The summed E-state index contributed by atoms with van der Waals surface area (Å²) in [4.78, 5) is 5.74. The largest absolute Gasteiger partial charge is 0.354 e. The number of hydrogen-bond acceptors (Lipinski definition) is 3. The molecule has 0 radical (unpaired) electrons. The second kappa shape index (κ2) is 4.46. The Balaban J connectivity index is 1.79. The van der Waals surface area contributed by atoms with E-state index in [0.717, 1.165) is 25.1 Å². The fourth-order valence-electron chi connectivity index (χ4n) is 3.18. The van der Waals surface area contributed by atoms with Gasteiger partial charge in [0.1, 0.15) is 5.82 Å². The Morgan fingerprint density at radius 3 is 2.56 bits per heavy atom. The van der Waals surface area contributed by atoms with Crippen LogP contribution >= 0.6 is 0 Å². The molecule has 2 aliphatic heterocycles. The van der Waals surface area contributed by atoms with Gasteiger partial charge in [0.2, 0.25) is 0 Å². The number of anilines is 1. The van der Waals surface area contributed by atoms with E-state index in [1.165, 1.54) is 12.8 Å². The number of nitrogens with one attached hydrogen (secondary N) is 1. The number of rotatable bonds is 2. The summed E-state index contributed by atoms with van der Waals surface area (Å²) in [6.45, 7) is 0. The van der Waals surface area contributed by atoms with Crippen LogP contribution in [-0.2, 0) is 0 Å². The van der Waals surface area contributed by atoms with Crippen LogP contribution in [-0.4, -0.2) is 30.2 Å². The molecule has 5 heteroatoms. The van der Waals surface area contributed by atoms with Gasteiger partial charge in [0.15, 0.2) is 11.6 Å². The van der Waals surface area contributed by atoms with Crippen molar-refractivity contribution in [3.8, 4) is 0 Å². The second-order valence-corrected chi connectivity index (χ2v) is 5.33. The van der Waals surface area contributed by atoms with E-state index in [9.17, 15) is 8.78 Å². The molecule has 18 heavy (non-hydrogen) atoms. The Morgan fingerprint density at radius 2 is 1.94 bits per heavy atom. The first-order valence-corrected chi connectivity index (χ1v) is 6.43. The molecule has 0 saturated carbocycles. The van der Waals surface area contributed by atoms with Crippen LogP contribution in [0.25, 0.3) is 0 Å². The van der Waals surface area contributed by atoms with Crippen molar-refractivity contribution in [2.24, 2.45) is 0 Å². The zero-order chi connectivity index (χ0) is 12.7. The molecule has 2 saturated heterocycles. The standard InChI is InChI=1S/C13H17F2N3/c1-18(13-12(15)4-8(14)7-16-13)11-5-9-2-3-10(6-11)17-9/h4,7,9-11,17H,2-3,5-6H2,1H3. The molecule has 2 bridgehead atoms. The van der Waals surface area contributed by atoms with Crippen molar-refractivity contribution in [2.45, 2.75) is 43.8 Å². The molecule has 0 amide bonds. The van der Waals surface area contributed by atoms with Gasteiger partial charge in [-0.1, -0.05) is 0 Å². The molecule has 2 unspecified atom stereocenters. The number of nitrogens with zero attached hydrogens (tertiary/aromatic N) is 2. The zero-order valence-corrected chi connectivity index (χ0v) is 10.4. The Hall–Kier alpha value is -1.23. The van der Waals surface area contributed by atoms with Crippen molar-refractivity contribution in [1.29, 1.82) is 0 Å². The van der Waals surface area contributed by atoms with Crippen LogP contribution in [0.4, 0.5) is 14.6 Å². The number of hydrogen-bond donors (Lipinski definition) is 1. The third-order valence-electron chi connectivity index (χ3n) is 4.12. The quantitative estimate of drug-likeness (QED) is 0.874. The molecule has 1 N–H and O–H groups in total. The van der Waals surface area contributed by atoms with Gasteiger partial charge in [0.05, 0.1) is 6.20 Å². The van der Waals surface area contributed by atoms with Crippen molar-refractivity contribution < 1.29 is 8.78 Å². The van der Waals surface area contributed by atoms with Crippen LogP contribution in [0.1, 0.15) is 25.7 Å². The first kappa shape index (κ1) is 11.8. The highest BCUT2D eigenvalue weighted by Gasteiger charge is 2.35. The third kappa shape index (κ3) is 2.07. The molecular formula is C13H17F2N3. The molecule has 98 valence electrons. The monoisotopic (exact) mass is 253 g/mol. The van der Waals surface area contributed by atoms with E-state index in [-0.39, 0.29) is 11.9 Å². The van der Waals surface area contributed by atoms with Gasteiger partial charge in [-0.05, 0) is 25.7 Å². The molecule has 2 atom stereocenters. The van der Waals surface area contributed by atoms with Gasteiger partial charge in [-0.15, -0.1) is 0 Å². The highest BCUT2D eigenvalue weighted by Crippen LogP contribution is 2.31. The zero-order valence-electron chi connectivity index (χ0n) is 10.4. The molecule has 3 heterocycles. The van der Waals surface area contributed by atoms with Gasteiger partial charge < -0.3 is 10.2 Å². The van der Waals surface area contributed by atoms with Gasteiger partial charge in [-0.2, -0.15) is 0 Å². The molecule has 1 aromatic rings. The number of piperidine rings is 1. The molecule has 3 rings (SSSR count). The average Bonchev–Trinajstić information content (AvgIpc) is 2.67. The Labute approximate surface area is 105 Å². The first-order chi connectivity index (χ1) is 8.63. The maximum Gasteiger partial charge on any atom is 0.168 e. The van der Waals surface area contributed by atoms with Crippen LogP contribution in [0.3, 0.4) is 0 Å². The minimum absolute atomic E-state index is 0.253. The summed E-state index contributed by atoms with van der Waals surface area (Å²) in [5, 5.41) is 3.55. The molecule has 0 spiro atoms. The summed E-state index contributed by atoms with van der Waals surface area (Å²) in [7, 11) is 1.85. The minimum atomic E-state index is -0.630. The Bertz CT molecular complexity index is 440. The van der Waals surface area contributed by atoms with Gasteiger partial charge >= 0.3 is 0 Å². The number of aromatic nitrogens is 1. The third-order valence-corrected chi connectivity index (χ3v) is 4.12. The predicted molar refractivity (Wildman–Crippen MR) is 65.5 cm³/mol. The van der Waals surface area contributed by atoms with Gasteiger partial charge in [0.25, 0.3) is 0 Å². The average molecular weight is 253 g/mol. The topological polar surface area (TPSA) is 28.2 Å². The van der Waals surface area contributed by atoms with E-state index in [0.29, 0.717) is 12.1 Å². The summed E-state index contributed by atoms with van der Waals surface area (Å²) < 4.78 is 26.6. The van der Waals surface area contributed by atoms with Crippen molar-refractivity contribution in [1.82, 2.24) is 10.3 Å². The smallest absolute Gasteiger partial charge is 0.168 e. The summed E-state index contributed by atoms with van der Waals surface area (Å²) >= 11 is 0. The minimum Gasteiger partial charge on any atom is -0.354 e. The van der Waals surface area contributed by atoms with Crippen LogP contribution in [0, 0.1) is 11.6 Å². The fourth-order valence-corrected chi connectivity index (χ4v) is 3.18. The van der Waals surface area contributed by atoms with Gasteiger partial charge in [-0.25, -0.2) is 13.8 Å². The van der Waals surface area contributed by atoms with Gasteiger partial charge in [0, 0.05) is 31.2 Å². The SMILES string of the molecule is CN(c1ncc(F)cc1F)C1CC2CCC(C1)N2. The van der Waals surface area contributed by atoms with Crippen molar-refractivity contribution in [3.63, 3.8) is 0 Å². The summed E-state index contributed by atoms with van der Waals surface area (Å²) in [6.07, 6.45) is 5.49. The van der Waals surface area contributed by atoms with E-state index in [2.05, 4.69) is 10.3 Å². The number of halogens is 2. The van der Waals surface area contributed by atoms with E-state index >= 15 is 0 Å². The molecule has 2 fully saturated rings. The lowest BCUT2D eigenvalue weighted by Crippen LogP contribution is -2.47. The maximum atomic E-state index is 13.7. The van der Waals surface area contributed by atoms with Gasteiger partial charge in [-0.3, -0.25) is 0 Å². The first-order valence-electron chi connectivity index (χ1n) is 6.43. The lowest BCUT2D eigenvalue weighted by Gasteiger charge is -2.36. The molecule has 3 nitrogen and oxygen atoms in total. The Morgan fingerprint density at radius 1 is 1.28 bits per heavy atom.